The van der Waals surface area contributed by atoms with Gasteiger partial charge in [-0.05, 0) is 25.7 Å². The number of hydrogen-bond acceptors (Lipinski definition) is 2. The Morgan fingerprint density at radius 3 is 2.20 bits per heavy atom. The highest BCUT2D eigenvalue weighted by atomic mass is 33.2. The summed E-state index contributed by atoms with van der Waals surface area (Å²) in [5, 5.41) is 0. The molecule has 0 heterocycles. The molecule has 0 aliphatic carbocycles. The van der Waals surface area contributed by atoms with Gasteiger partial charge in [-0.2, -0.15) is 0 Å². The topological polar surface area (TPSA) is 17.1 Å². The third-order valence-corrected chi connectivity index (χ3v) is 4.59. The van der Waals surface area contributed by atoms with Crippen LogP contribution in [0.5, 0.6) is 0 Å². The summed E-state index contributed by atoms with van der Waals surface area (Å²) in [4.78, 5) is 10.5. The van der Waals surface area contributed by atoms with Crippen LogP contribution in [0.3, 0.4) is 0 Å². The summed E-state index contributed by atoms with van der Waals surface area (Å²) in [6.07, 6.45) is 7.47. The number of Topliss-reactive ketones (excluding diaryl/α,β-unsaturated/α-hetero) is 1. The van der Waals surface area contributed by atoms with Crippen LogP contribution in [0.25, 0.3) is 0 Å². The quantitative estimate of drug-likeness (QED) is 0.618. The van der Waals surface area contributed by atoms with Crippen LogP contribution in [0.1, 0.15) is 13.3 Å². The molecule has 0 aromatic heterocycles. The molecule has 0 aliphatic heterocycles. The lowest BCUT2D eigenvalue weighted by atomic mass is 10.4. The minimum absolute atomic E-state index is 0.302. The van der Waals surface area contributed by atoms with E-state index in [-0.39, 0.29) is 0 Å². The molecule has 62 valence electrons. The zero-order chi connectivity index (χ0) is 8.20. The SMILES string of the molecule is CC(=O)CCSS(C)(C)C. The van der Waals surface area contributed by atoms with Crippen molar-refractivity contribution >= 4 is 25.6 Å². The summed E-state index contributed by atoms with van der Waals surface area (Å²) in [5.41, 5.74) is 0. The number of ketones is 1. The van der Waals surface area contributed by atoms with E-state index in [2.05, 4.69) is 18.8 Å². The van der Waals surface area contributed by atoms with Crippen molar-refractivity contribution in [1.82, 2.24) is 0 Å². The molecule has 0 atom stereocenters. The molecule has 0 aromatic rings. The fraction of sp³-hybridized carbons (Fsp3) is 0.857. The molecule has 0 saturated carbocycles. The summed E-state index contributed by atoms with van der Waals surface area (Å²) in [5.74, 6) is 1.30. The second-order valence-corrected chi connectivity index (χ2v) is 10.8. The van der Waals surface area contributed by atoms with E-state index < -0.39 is 9.06 Å². The third-order valence-electron chi connectivity index (χ3n) is 0.891. The fourth-order valence-corrected chi connectivity index (χ4v) is 3.06. The maximum Gasteiger partial charge on any atom is 0.130 e. The fourth-order valence-electron chi connectivity index (χ4n) is 0.435. The Morgan fingerprint density at radius 1 is 1.40 bits per heavy atom. The smallest absolute Gasteiger partial charge is 0.130 e. The zero-order valence-electron chi connectivity index (χ0n) is 7.14. The van der Waals surface area contributed by atoms with E-state index in [0.29, 0.717) is 5.78 Å². The average Bonchev–Trinajstić information content (AvgIpc) is 1.59. The van der Waals surface area contributed by atoms with Crippen molar-refractivity contribution in [3.63, 3.8) is 0 Å². The Bertz CT molecular complexity index is 115. The maximum absolute atomic E-state index is 10.5. The van der Waals surface area contributed by atoms with Crippen molar-refractivity contribution in [2.24, 2.45) is 0 Å². The highest BCUT2D eigenvalue weighted by Gasteiger charge is 2.04. The van der Waals surface area contributed by atoms with Crippen LogP contribution < -0.4 is 0 Å². The number of carbonyl (C=O) groups is 1. The Balaban J connectivity index is 3.29. The monoisotopic (exact) mass is 180 g/mol. The van der Waals surface area contributed by atoms with Gasteiger partial charge < -0.3 is 0 Å². The minimum atomic E-state index is -0.455. The summed E-state index contributed by atoms with van der Waals surface area (Å²) in [7, 11) is 1.47. The standard InChI is InChI=1S/C7H16OS2/c1-7(8)5-6-9-10(2,3)4/h5-6H2,1-4H3. The van der Waals surface area contributed by atoms with Gasteiger partial charge in [0, 0.05) is 12.2 Å². The number of hydrogen-bond donors (Lipinski definition) is 0. The van der Waals surface area contributed by atoms with Gasteiger partial charge in [-0.1, -0.05) is 0 Å². The largest absolute Gasteiger partial charge is 0.300 e. The predicted octanol–water partition coefficient (Wildman–Crippen LogP) is 2.31. The molecule has 0 fully saturated rings. The molecule has 0 aliphatic rings. The molecule has 0 rings (SSSR count). The molecule has 0 spiro atoms. The van der Waals surface area contributed by atoms with E-state index in [1.54, 1.807) is 6.92 Å². The normalized spacial score (nSPS) is 13.2. The molecule has 1 nitrogen and oxygen atoms in total. The van der Waals surface area contributed by atoms with E-state index in [4.69, 9.17) is 0 Å². The van der Waals surface area contributed by atoms with Crippen molar-refractivity contribution in [3.05, 3.63) is 0 Å². The third kappa shape index (κ3) is 8.37. The Kier molecular flexibility index (Phi) is 4.45. The van der Waals surface area contributed by atoms with Gasteiger partial charge in [0.2, 0.25) is 0 Å². The first-order valence-corrected chi connectivity index (χ1v) is 7.60. The molecule has 0 saturated heterocycles. The van der Waals surface area contributed by atoms with Gasteiger partial charge in [0.15, 0.2) is 0 Å². The van der Waals surface area contributed by atoms with Crippen molar-refractivity contribution < 1.29 is 4.79 Å². The lowest BCUT2D eigenvalue weighted by Crippen LogP contribution is -1.94. The van der Waals surface area contributed by atoms with E-state index >= 15 is 0 Å². The van der Waals surface area contributed by atoms with Crippen LogP contribution >= 0.6 is 19.9 Å². The van der Waals surface area contributed by atoms with Gasteiger partial charge in [0.25, 0.3) is 0 Å². The van der Waals surface area contributed by atoms with Crippen molar-refractivity contribution in [2.75, 3.05) is 24.5 Å². The summed E-state index contributed by atoms with van der Waals surface area (Å²) < 4.78 is 0. The second kappa shape index (κ2) is 4.29. The van der Waals surface area contributed by atoms with Gasteiger partial charge in [0.1, 0.15) is 5.78 Å². The summed E-state index contributed by atoms with van der Waals surface area (Å²) in [6.45, 7) is 1.65. The van der Waals surface area contributed by atoms with E-state index in [9.17, 15) is 4.79 Å². The molecular formula is C7H16OS2. The van der Waals surface area contributed by atoms with Crippen LogP contribution in [0, 0.1) is 0 Å². The van der Waals surface area contributed by atoms with Crippen LogP contribution in [0.15, 0.2) is 0 Å². The molecule has 0 amide bonds. The number of carbonyl (C=O) groups excluding carboxylic acids is 1. The first kappa shape index (κ1) is 10.4. The summed E-state index contributed by atoms with van der Waals surface area (Å²) in [6, 6.07) is 0. The first-order valence-electron chi connectivity index (χ1n) is 3.24. The molecule has 0 unspecified atom stereocenters. The Labute approximate surface area is 68.7 Å². The molecule has 0 N–H and O–H groups in total. The molecule has 0 aromatic carbocycles. The molecular weight excluding hydrogens is 164 g/mol. The van der Waals surface area contributed by atoms with Gasteiger partial charge in [-0.15, -0.1) is 10.8 Å². The predicted molar refractivity (Wildman–Crippen MR) is 53.1 cm³/mol. The van der Waals surface area contributed by atoms with Crippen molar-refractivity contribution in [2.45, 2.75) is 13.3 Å². The molecule has 10 heavy (non-hydrogen) atoms. The number of rotatable bonds is 4. The van der Waals surface area contributed by atoms with Crippen molar-refractivity contribution in [3.8, 4) is 0 Å². The zero-order valence-corrected chi connectivity index (χ0v) is 8.77. The van der Waals surface area contributed by atoms with E-state index in [1.165, 1.54) is 0 Å². The Hall–Kier alpha value is 0.370. The minimum Gasteiger partial charge on any atom is -0.300 e. The van der Waals surface area contributed by atoms with Crippen LogP contribution in [-0.4, -0.2) is 30.3 Å². The van der Waals surface area contributed by atoms with E-state index in [0.717, 1.165) is 12.2 Å². The van der Waals surface area contributed by atoms with Crippen molar-refractivity contribution in [1.29, 1.82) is 0 Å². The van der Waals surface area contributed by atoms with Gasteiger partial charge in [-0.3, -0.25) is 4.79 Å². The van der Waals surface area contributed by atoms with Crippen LogP contribution in [-0.2, 0) is 4.79 Å². The highest BCUT2D eigenvalue weighted by Crippen LogP contribution is 2.49. The van der Waals surface area contributed by atoms with Gasteiger partial charge >= 0.3 is 0 Å². The van der Waals surface area contributed by atoms with Gasteiger partial charge in [0.05, 0.1) is 0 Å². The van der Waals surface area contributed by atoms with Crippen LogP contribution in [0.2, 0.25) is 0 Å². The maximum atomic E-state index is 10.5. The van der Waals surface area contributed by atoms with Gasteiger partial charge in [-0.25, -0.2) is 9.06 Å². The highest BCUT2D eigenvalue weighted by molar-refractivity contribution is 8.93. The first-order chi connectivity index (χ1) is 4.42. The molecule has 0 bridgehead atoms. The lowest BCUT2D eigenvalue weighted by molar-refractivity contribution is -0.116. The lowest BCUT2D eigenvalue weighted by Gasteiger charge is -2.23. The summed E-state index contributed by atoms with van der Waals surface area (Å²) >= 11 is 0. The molecule has 3 heteroatoms. The average molecular weight is 180 g/mol. The van der Waals surface area contributed by atoms with E-state index in [1.807, 2.05) is 10.8 Å². The second-order valence-electron chi connectivity index (χ2n) is 3.00. The molecule has 0 radical (unpaired) electrons. The Morgan fingerprint density at radius 2 is 1.90 bits per heavy atom. The van der Waals surface area contributed by atoms with Crippen LogP contribution in [0.4, 0.5) is 0 Å².